The van der Waals surface area contributed by atoms with Gasteiger partial charge in [0.1, 0.15) is 11.6 Å². The van der Waals surface area contributed by atoms with Gasteiger partial charge in [-0.15, -0.1) is 0 Å². The van der Waals surface area contributed by atoms with Crippen LogP contribution >= 0.6 is 23.2 Å². The number of benzene rings is 2. The molecule has 44 heavy (non-hydrogen) atoms. The second-order valence-corrected chi connectivity index (χ2v) is 12.2. The normalized spacial score (nSPS) is 17.9. The Morgan fingerprint density at radius 3 is 1.48 bits per heavy atom. The van der Waals surface area contributed by atoms with E-state index in [4.69, 9.17) is 33.2 Å². The summed E-state index contributed by atoms with van der Waals surface area (Å²) in [5.74, 6) is 1.84. The van der Waals surface area contributed by atoms with Crippen LogP contribution in [0.4, 0.5) is 11.6 Å². The zero-order valence-corrected chi connectivity index (χ0v) is 26.5. The Kier molecular flexibility index (Phi) is 9.37. The molecule has 10 heteroatoms. The molecule has 0 bridgehead atoms. The lowest BCUT2D eigenvalue weighted by molar-refractivity contribution is 0.281. The number of rotatable bonds is 9. The Hall–Kier alpha value is -3.24. The van der Waals surface area contributed by atoms with E-state index >= 15 is 0 Å². The van der Waals surface area contributed by atoms with Crippen molar-refractivity contribution in [1.29, 1.82) is 0 Å². The summed E-state index contributed by atoms with van der Waals surface area (Å²) in [5.41, 5.74) is 7.16. The van der Waals surface area contributed by atoms with Gasteiger partial charge in [0.05, 0.1) is 34.6 Å². The van der Waals surface area contributed by atoms with Gasteiger partial charge in [-0.05, 0) is 25.0 Å². The first-order valence-corrected chi connectivity index (χ1v) is 15.9. The third kappa shape index (κ3) is 5.90. The first-order chi connectivity index (χ1) is 21.4. The fourth-order valence-corrected chi connectivity index (χ4v) is 6.97. The summed E-state index contributed by atoms with van der Waals surface area (Å²) >= 11 is 14.3. The summed E-state index contributed by atoms with van der Waals surface area (Å²) in [6, 6.07) is 20.5. The van der Waals surface area contributed by atoms with Crippen molar-refractivity contribution in [3.63, 3.8) is 0 Å². The summed E-state index contributed by atoms with van der Waals surface area (Å²) in [7, 11) is 4.11. The Labute approximate surface area is 268 Å². The van der Waals surface area contributed by atoms with Crippen LogP contribution in [0.25, 0.3) is 33.6 Å². The zero-order chi connectivity index (χ0) is 30.8. The van der Waals surface area contributed by atoms with Gasteiger partial charge in [0, 0.05) is 85.7 Å². The lowest BCUT2D eigenvalue weighted by Crippen LogP contribution is -2.35. The number of aromatic nitrogens is 2. The van der Waals surface area contributed by atoms with E-state index in [1.807, 2.05) is 48.5 Å². The highest BCUT2D eigenvalue weighted by Gasteiger charge is 2.27. The van der Waals surface area contributed by atoms with Crippen molar-refractivity contribution in [2.45, 2.75) is 24.9 Å². The SMILES string of the molecule is CN1CC[C@@H](NCCO)c2ccc(-c3cccc(-c4cccc(-c5ccc6c(n5)N(C)CC[C@H]6NCCO)c4Cl)c3Cl)nc21. The molecule has 0 radical (unpaired) electrons. The van der Waals surface area contributed by atoms with Gasteiger partial charge in [0.2, 0.25) is 0 Å². The zero-order valence-electron chi connectivity index (χ0n) is 25.0. The highest BCUT2D eigenvalue weighted by atomic mass is 35.5. The summed E-state index contributed by atoms with van der Waals surface area (Å²) in [6.45, 7) is 3.03. The molecule has 0 amide bonds. The molecule has 6 rings (SSSR count). The van der Waals surface area contributed by atoms with Crippen LogP contribution in [0.2, 0.25) is 10.0 Å². The smallest absolute Gasteiger partial charge is 0.133 e. The van der Waals surface area contributed by atoms with E-state index in [0.717, 1.165) is 82.3 Å². The maximum atomic E-state index is 9.31. The van der Waals surface area contributed by atoms with Crippen LogP contribution in [0.1, 0.15) is 36.1 Å². The van der Waals surface area contributed by atoms with Crippen molar-refractivity contribution < 1.29 is 10.2 Å². The lowest BCUT2D eigenvalue weighted by Gasteiger charge is -2.33. The Morgan fingerprint density at radius 2 is 1.07 bits per heavy atom. The lowest BCUT2D eigenvalue weighted by atomic mass is 9.95. The molecule has 4 heterocycles. The monoisotopic (exact) mass is 632 g/mol. The van der Waals surface area contributed by atoms with Crippen LogP contribution < -0.4 is 20.4 Å². The highest BCUT2D eigenvalue weighted by Crippen LogP contribution is 2.43. The number of fused-ring (bicyclic) bond motifs is 2. The van der Waals surface area contributed by atoms with Gasteiger partial charge in [-0.3, -0.25) is 0 Å². The average molecular weight is 634 g/mol. The number of pyridine rings is 2. The number of halogens is 2. The molecule has 230 valence electrons. The predicted octanol–water partition coefficient (Wildman–Crippen LogP) is 5.71. The molecular formula is C34H38Cl2N6O2. The standard InChI is InChI=1S/C34H38Cl2N6O2/c1-41-17-13-27(37-15-19-43)25-9-11-29(39-33(25)41)23-7-3-5-21(31(23)35)22-6-4-8-24(32(22)36)30-12-10-26-28(38-16-20-44)14-18-42(2)34(26)40-30/h3-12,27-28,37-38,43-44H,13-20H2,1-2H3/t27-,28-/m1/s1. The van der Waals surface area contributed by atoms with Crippen molar-refractivity contribution in [3.05, 3.63) is 81.8 Å². The van der Waals surface area contributed by atoms with Crippen LogP contribution in [-0.2, 0) is 0 Å². The second kappa shape index (κ2) is 13.4. The molecule has 0 fully saturated rings. The molecule has 8 nitrogen and oxygen atoms in total. The number of aliphatic hydroxyl groups excluding tert-OH is 2. The summed E-state index contributed by atoms with van der Waals surface area (Å²) in [4.78, 5) is 14.4. The number of hydrogen-bond donors (Lipinski definition) is 4. The average Bonchev–Trinajstić information content (AvgIpc) is 3.04. The topological polar surface area (TPSA) is 96.8 Å². The fraction of sp³-hybridized carbons (Fsp3) is 0.353. The Balaban J connectivity index is 1.35. The third-order valence-electron chi connectivity index (χ3n) is 8.64. The molecule has 2 aliphatic heterocycles. The molecule has 0 saturated heterocycles. The largest absolute Gasteiger partial charge is 0.395 e. The van der Waals surface area contributed by atoms with E-state index in [2.05, 4.69) is 46.7 Å². The van der Waals surface area contributed by atoms with Crippen LogP contribution in [0.3, 0.4) is 0 Å². The van der Waals surface area contributed by atoms with E-state index in [1.54, 1.807) is 0 Å². The van der Waals surface area contributed by atoms with Gasteiger partial charge < -0.3 is 30.6 Å². The van der Waals surface area contributed by atoms with Gasteiger partial charge in [-0.1, -0.05) is 71.7 Å². The molecular weight excluding hydrogens is 595 g/mol. The maximum absolute atomic E-state index is 9.31. The van der Waals surface area contributed by atoms with Gasteiger partial charge in [-0.2, -0.15) is 0 Å². The number of nitrogens with zero attached hydrogens (tertiary/aromatic N) is 4. The van der Waals surface area contributed by atoms with E-state index in [9.17, 15) is 10.2 Å². The first kappa shape index (κ1) is 30.8. The van der Waals surface area contributed by atoms with Crippen LogP contribution in [-0.4, -0.2) is 73.7 Å². The molecule has 0 spiro atoms. The molecule has 0 aliphatic carbocycles. The van der Waals surface area contributed by atoms with E-state index in [0.29, 0.717) is 23.1 Å². The van der Waals surface area contributed by atoms with Crippen molar-refractivity contribution in [2.75, 3.05) is 63.3 Å². The molecule has 2 aromatic carbocycles. The van der Waals surface area contributed by atoms with E-state index in [1.165, 1.54) is 0 Å². The quantitative estimate of drug-likeness (QED) is 0.186. The van der Waals surface area contributed by atoms with Crippen LogP contribution in [0.15, 0.2) is 60.7 Å². The first-order valence-electron chi connectivity index (χ1n) is 15.1. The van der Waals surface area contributed by atoms with Gasteiger partial charge in [-0.25, -0.2) is 9.97 Å². The minimum atomic E-state index is 0.0995. The van der Waals surface area contributed by atoms with Crippen molar-refractivity contribution in [2.24, 2.45) is 0 Å². The molecule has 0 saturated carbocycles. The van der Waals surface area contributed by atoms with Crippen molar-refractivity contribution in [3.8, 4) is 33.6 Å². The molecule has 0 unspecified atom stereocenters. The minimum absolute atomic E-state index is 0.0995. The molecule has 2 aliphatic rings. The van der Waals surface area contributed by atoms with Gasteiger partial charge in [0.15, 0.2) is 0 Å². The Bertz CT molecular complexity index is 1530. The van der Waals surface area contributed by atoms with Crippen LogP contribution in [0.5, 0.6) is 0 Å². The maximum Gasteiger partial charge on any atom is 0.133 e. The number of hydrogen-bond acceptors (Lipinski definition) is 8. The number of anilines is 2. The third-order valence-corrected chi connectivity index (χ3v) is 9.45. The van der Waals surface area contributed by atoms with E-state index in [-0.39, 0.29) is 25.3 Å². The van der Waals surface area contributed by atoms with Gasteiger partial charge in [0.25, 0.3) is 0 Å². The summed E-state index contributed by atoms with van der Waals surface area (Å²) < 4.78 is 0. The Morgan fingerprint density at radius 1 is 0.659 bits per heavy atom. The summed E-state index contributed by atoms with van der Waals surface area (Å²) in [6.07, 6.45) is 1.90. The van der Waals surface area contributed by atoms with E-state index < -0.39 is 0 Å². The highest BCUT2D eigenvalue weighted by molar-refractivity contribution is 6.39. The molecule has 4 aromatic rings. The van der Waals surface area contributed by atoms with Gasteiger partial charge >= 0.3 is 0 Å². The molecule has 2 atom stereocenters. The minimum Gasteiger partial charge on any atom is -0.395 e. The van der Waals surface area contributed by atoms with Crippen LogP contribution in [0, 0.1) is 0 Å². The van der Waals surface area contributed by atoms with Crippen molar-refractivity contribution >= 4 is 34.8 Å². The van der Waals surface area contributed by atoms with Crippen molar-refractivity contribution in [1.82, 2.24) is 20.6 Å². The summed E-state index contributed by atoms with van der Waals surface area (Å²) in [5, 5.41) is 26.6. The number of nitrogens with one attached hydrogen (secondary N) is 2. The molecule has 4 N–H and O–H groups in total. The second-order valence-electron chi connectivity index (χ2n) is 11.4. The predicted molar refractivity (Wildman–Crippen MR) is 180 cm³/mol. The molecule has 2 aromatic heterocycles. The number of aliphatic hydroxyl groups is 2. The fourth-order valence-electron chi connectivity index (χ4n) is 6.32.